The first kappa shape index (κ1) is 18.0. The highest BCUT2D eigenvalue weighted by atomic mass is 35.5. The van der Waals surface area contributed by atoms with Crippen molar-refractivity contribution in [3.8, 4) is 11.5 Å². The molecule has 1 unspecified atom stereocenters. The summed E-state index contributed by atoms with van der Waals surface area (Å²) in [5.74, 6) is 0.824. The Labute approximate surface area is 131 Å². The van der Waals surface area contributed by atoms with Gasteiger partial charge in [0, 0.05) is 31.7 Å². The summed E-state index contributed by atoms with van der Waals surface area (Å²) < 4.78 is 37.2. The molecule has 0 bridgehead atoms. The Morgan fingerprint density at radius 2 is 2.00 bits per heavy atom. The van der Waals surface area contributed by atoms with Gasteiger partial charge in [-0.25, -0.2) is 8.42 Å². The van der Waals surface area contributed by atoms with Crippen molar-refractivity contribution in [1.29, 1.82) is 0 Å². The maximum Gasteiger partial charge on any atom is 0.246 e. The molecule has 1 saturated heterocycles. The second kappa shape index (κ2) is 7.31. The number of benzene rings is 1. The van der Waals surface area contributed by atoms with Crippen molar-refractivity contribution in [1.82, 2.24) is 9.62 Å². The largest absolute Gasteiger partial charge is 0.497 e. The molecular formula is C13H21ClN2O4S. The predicted octanol–water partition coefficient (Wildman–Crippen LogP) is 1.11. The maximum atomic E-state index is 12.7. The van der Waals surface area contributed by atoms with Crippen LogP contribution in [0.15, 0.2) is 23.1 Å². The van der Waals surface area contributed by atoms with Crippen LogP contribution in [0.25, 0.3) is 0 Å². The van der Waals surface area contributed by atoms with Crippen molar-refractivity contribution in [2.45, 2.75) is 17.9 Å². The van der Waals surface area contributed by atoms with Crippen LogP contribution in [0.5, 0.6) is 11.5 Å². The van der Waals surface area contributed by atoms with Gasteiger partial charge >= 0.3 is 0 Å². The summed E-state index contributed by atoms with van der Waals surface area (Å²) in [6, 6.07) is 4.92. The van der Waals surface area contributed by atoms with Crippen LogP contribution >= 0.6 is 12.4 Å². The van der Waals surface area contributed by atoms with Crippen molar-refractivity contribution < 1.29 is 17.9 Å². The van der Waals surface area contributed by atoms with E-state index in [1.54, 1.807) is 12.1 Å². The van der Waals surface area contributed by atoms with Gasteiger partial charge in [-0.05, 0) is 19.1 Å². The molecule has 0 amide bonds. The standard InChI is InChI=1S/C13H20N2O4S.ClH/c1-10-9-15(7-6-14-10)20(16,17)13-8-11(18-2)4-5-12(13)19-3;/h4-5,8,10,14H,6-7,9H2,1-3H3;1H. The number of hydrogen-bond donors (Lipinski definition) is 1. The zero-order valence-corrected chi connectivity index (χ0v) is 14.0. The van der Waals surface area contributed by atoms with Gasteiger partial charge in [0.15, 0.2) is 0 Å². The number of hydrogen-bond acceptors (Lipinski definition) is 5. The molecule has 1 fully saturated rings. The Hall–Kier alpha value is -1.02. The number of sulfonamides is 1. The van der Waals surface area contributed by atoms with Crippen LogP contribution in [-0.4, -0.2) is 52.6 Å². The van der Waals surface area contributed by atoms with Crippen molar-refractivity contribution >= 4 is 22.4 Å². The second-order valence-electron chi connectivity index (χ2n) is 4.74. The highest BCUT2D eigenvalue weighted by Gasteiger charge is 2.31. The summed E-state index contributed by atoms with van der Waals surface area (Å²) in [7, 11) is -0.617. The van der Waals surface area contributed by atoms with E-state index in [0.717, 1.165) is 0 Å². The van der Waals surface area contributed by atoms with E-state index < -0.39 is 10.0 Å². The fraction of sp³-hybridized carbons (Fsp3) is 0.538. The van der Waals surface area contributed by atoms with Crippen LogP contribution < -0.4 is 14.8 Å². The van der Waals surface area contributed by atoms with Crippen molar-refractivity contribution in [2.24, 2.45) is 0 Å². The van der Waals surface area contributed by atoms with Crippen molar-refractivity contribution in [2.75, 3.05) is 33.9 Å². The Bertz CT molecular complexity index is 580. The number of nitrogens with zero attached hydrogens (tertiary/aromatic N) is 1. The van der Waals surface area contributed by atoms with Gasteiger partial charge in [0.2, 0.25) is 10.0 Å². The molecule has 21 heavy (non-hydrogen) atoms. The molecule has 120 valence electrons. The van der Waals surface area contributed by atoms with E-state index >= 15 is 0 Å². The van der Waals surface area contributed by atoms with E-state index in [1.807, 2.05) is 6.92 Å². The molecule has 0 radical (unpaired) electrons. The molecule has 1 aliphatic rings. The van der Waals surface area contributed by atoms with Crippen LogP contribution in [0.2, 0.25) is 0 Å². The van der Waals surface area contributed by atoms with E-state index in [0.29, 0.717) is 31.1 Å². The monoisotopic (exact) mass is 336 g/mol. The third-order valence-corrected chi connectivity index (χ3v) is 5.21. The van der Waals surface area contributed by atoms with E-state index in [-0.39, 0.29) is 23.3 Å². The van der Waals surface area contributed by atoms with Gasteiger partial charge < -0.3 is 14.8 Å². The van der Waals surface area contributed by atoms with E-state index in [4.69, 9.17) is 9.47 Å². The first-order valence-corrected chi connectivity index (χ1v) is 7.88. The molecule has 0 aliphatic carbocycles. The molecule has 2 rings (SSSR count). The Morgan fingerprint density at radius 1 is 1.29 bits per heavy atom. The summed E-state index contributed by atoms with van der Waals surface area (Å²) in [6.07, 6.45) is 0. The number of methoxy groups -OCH3 is 2. The maximum absolute atomic E-state index is 12.7. The lowest BCUT2D eigenvalue weighted by atomic mass is 10.3. The van der Waals surface area contributed by atoms with Gasteiger partial charge in [-0.2, -0.15) is 4.31 Å². The molecule has 1 N–H and O–H groups in total. The van der Waals surface area contributed by atoms with E-state index in [2.05, 4.69) is 5.32 Å². The SMILES string of the molecule is COc1ccc(OC)c(S(=O)(=O)N2CCNC(C)C2)c1.Cl. The van der Waals surface area contributed by atoms with Gasteiger partial charge in [-0.15, -0.1) is 12.4 Å². The fourth-order valence-electron chi connectivity index (χ4n) is 2.24. The molecule has 1 heterocycles. The zero-order valence-electron chi connectivity index (χ0n) is 12.3. The lowest BCUT2D eigenvalue weighted by Crippen LogP contribution is -2.51. The van der Waals surface area contributed by atoms with Crippen molar-refractivity contribution in [3.05, 3.63) is 18.2 Å². The minimum absolute atomic E-state index is 0. The van der Waals surface area contributed by atoms with E-state index in [9.17, 15) is 8.42 Å². The fourth-order valence-corrected chi connectivity index (χ4v) is 3.94. The predicted molar refractivity (Wildman–Crippen MR) is 83.0 cm³/mol. The third kappa shape index (κ3) is 3.79. The van der Waals surface area contributed by atoms with Crippen LogP contribution in [0.3, 0.4) is 0 Å². The highest BCUT2D eigenvalue weighted by Crippen LogP contribution is 2.30. The summed E-state index contributed by atoms with van der Waals surface area (Å²) in [6.45, 7) is 3.51. The van der Waals surface area contributed by atoms with Gasteiger partial charge in [0.05, 0.1) is 14.2 Å². The normalized spacial score (nSPS) is 19.7. The highest BCUT2D eigenvalue weighted by molar-refractivity contribution is 7.89. The number of halogens is 1. The van der Waals surface area contributed by atoms with Gasteiger partial charge in [-0.1, -0.05) is 0 Å². The third-order valence-electron chi connectivity index (χ3n) is 3.32. The van der Waals surface area contributed by atoms with Crippen LogP contribution in [0.1, 0.15) is 6.92 Å². The smallest absolute Gasteiger partial charge is 0.246 e. The zero-order chi connectivity index (χ0) is 14.8. The first-order valence-electron chi connectivity index (χ1n) is 6.44. The number of nitrogens with one attached hydrogen (secondary N) is 1. The lowest BCUT2D eigenvalue weighted by molar-refractivity contribution is 0.308. The number of piperazine rings is 1. The average molecular weight is 337 g/mol. The topological polar surface area (TPSA) is 67.9 Å². The number of rotatable bonds is 4. The Morgan fingerprint density at radius 3 is 2.57 bits per heavy atom. The average Bonchev–Trinajstić information content (AvgIpc) is 2.46. The van der Waals surface area contributed by atoms with E-state index in [1.165, 1.54) is 24.6 Å². The molecule has 0 saturated carbocycles. The minimum Gasteiger partial charge on any atom is -0.497 e. The van der Waals surface area contributed by atoms with Gasteiger partial charge in [-0.3, -0.25) is 0 Å². The molecule has 6 nitrogen and oxygen atoms in total. The Kier molecular flexibility index (Phi) is 6.27. The van der Waals surface area contributed by atoms with Gasteiger partial charge in [0.25, 0.3) is 0 Å². The second-order valence-corrected chi connectivity index (χ2v) is 6.64. The molecule has 1 aromatic rings. The molecule has 0 aromatic heterocycles. The molecular weight excluding hydrogens is 316 g/mol. The molecule has 1 atom stereocenters. The van der Waals surface area contributed by atoms with Gasteiger partial charge in [0.1, 0.15) is 16.4 Å². The molecule has 1 aliphatic heterocycles. The lowest BCUT2D eigenvalue weighted by Gasteiger charge is -2.31. The Balaban J connectivity index is 0.00000220. The molecule has 0 spiro atoms. The quantitative estimate of drug-likeness (QED) is 0.892. The minimum atomic E-state index is -3.58. The molecule has 1 aromatic carbocycles. The van der Waals surface area contributed by atoms with Crippen molar-refractivity contribution in [3.63, 3.8) is 0 Å². The summed E-state index contributed by atoms with van der Waals surface area (Å²) in [4.78, 5) is 0.147. The molecule has 8 heteroatoms. The summed E-state index contributed by atoms with van der Waals surface area (Å²) in [5.41, 5.74) is 0. The number of ether oxygens (including phenoxy) is 2. The summed E-state index contributed by atoms with van der Waals surface area (Å²) >= 11 is 0. The first-order chi connectivity index (χ1) is 9.48. The van der Waals surface area contributed by atoms with Crippen LogP contribution in [-0.2, 0) is 10.0 Å². The van der Waals surface area contributed by atoms with Crippen LogP contribution in [0, 0.1) is 0 Å². The summed E-state index contributed by atoms with van der Waals surface area (Å²) in [5, 5.41) is 3.22. The van der Waals surface area contributed by atoms with Crippen LogP contribution in [0.4, 0.5) is 0 Å².